The van der Waals surface area contributed by atoms with Crippen LogP contribution in [0.4, 0.5) is 5.69 Å². The van der Waals surface area contributed by atoms with Crippen LogP contribution in [0.25, 0.3) is 0 Å². The van der Waals surface area contributed by atoms with Crippen molar-refractivity contribution in [2.24, 2.45) is 0 Å². The van der Waals surface area contributed by atoms with Gasteiger partial charge in [0.2, 0.25) is 0 Å². The van der Waals surface area contributed by atoms with Crippen LogP contribution in [-0.4, -0.2) is 11.8 Å². The Kier molecular flexibility index (Phi) is 5.42. The lowest BCUT2D eigenvalue weighted by Crippen LogP contribution is -2.24. The average Bonchev–Trinajstić information content (AvgIpc) is 3.22. The monoisotopic (exact) mass is 361 g/mol. The standard InChI is InChI=1S/C20H15N3O2S/c21-11-14-5-7-15(8-6-14)12-22-20(25)17-3-1-2-4-18(17)23-19(24)16-9-10-26-13-16/h1-10,13H,12H2,(H,22,25)(H,23,24). The maximum Gasteiger partial charge on any atom is 0.256 e. The lowest BCUT2D eigenvalue weighted by atomic mass is 10.1. The molecule has 0 aliphatic carbocycles. The molecule has 0 fully saturated rings. The molecule has 1 heterocycles. The molecule has 0 radical (unpaired) electrons. The summed E-state index contributed by atoms with van der Waals surface area (Å²) in [5.74, 6) is -0.533. The maximum atomic E-state index is 12.5. The van der Waals surface area contributed by atoms with Gasteiger partial charge in [-0.2, -0.15) is 16.6 Å². The first-order valence-corrected chi connectivity index (χ1v) is 8.81. The van der Waals surface area contributed by atoms with E-state index < -0.39 is 0 Å². The number of amides is 2. The number of hydrogen-bond donors (Lipinski definition) is 2. The van der Waals surface area contributed by atoms with Crippen molar-refractivity contribution in [1.82, 2.24) is 5.32 Å². The van der Waals surface area contributed by atoms with Crippen molar-refractivity contribution in [3.63, 3.8) is 0 Å². The molecule has 3 rings (SSSR count). The summed E-state index contributed by atoms with van der Waals surface area (Å²) in [4.78, 5) is 24.7. The fourth-order valence-corrected chi connectivity index (χ4v) is 2.99. The van der Waals surface area contributed by atoms with Crippen molar-refractivity contribution in [2.45, 2.75) is 6.54 Å². The van der Waals surface area contributed by atoms with Gasteiger partial charge in [0.1, 0.15) is 0 Å². The van der Waals surface area contributed by atoms with E-state index in [1.165, 1.54) is 11.3 Å². The Labute approximate surface area is 154 Å². The second-order valence-electron chi connectivity index (χ2n) is 5.50. The van der Waals surface area contributed by atoms with Gasteiger partial charge in [0, 0.05) is 11.9 Å². The highest BCUT2D eigenvalue weighted by molar-refractivity contribution is 7.08. The van der Waals surface area contributed by atoms with E-state index >= 15 is 0 Å². The van der Waals surface area contributed by atoms with Crippen molar-refractivity contribution in [1.29, 1.82) is 5.26 Å². The summed E-state index contributed by atoms with van der Waals surface area (Å²) in [6.45, 7) is 0.331. The molecule has 0 atom stereocenters. The molecule has 3 aromatic rings. The molecule has 0 unspecified atom stereocenters. The van der Waals surface area contributed by atoms with Crippen molar-refractivity contribution >= 4 is 28.8 Å². The molecular formula is C20H15N3O2S. The van der Waals surface area contributed by atoms with Gasteiger partial charge < -0.3 is 10.6 Å². The SMILES string of the molecule is N#Cc1ccc(CNC(=O)c2ccccc2NC(=O)c2ccsc2)cc1. The zero-order valence-electron chi connectivity index (χ0n) is 13.7. The number of anilines is 1. The largest absolute Gasteiger partial charge is 0.348 e. The third-order valence-corrected chi connectivity index (χ3v) is 4.42. The van der Waals surface area contributed by atoms with Gasteiger partial charge >= 0.3 is 0 Å². The summed E-state index contributed by atoms with van der Waals surface area (Å²) < 4.78 is 0. The zero-order chi connectivity index (χ0) is 18.4. The number of carbonyl (C=O) groups excluding carboxylic acids is 2. The van der Waals surface area contributed by atoms with Crippen LogP contribution in [0.15, 0.2) is 65.4 Å². The minimum absolute atomic E-state index is 0.251. The van der Waals surface area contributed by atoms with Gasteiger partial charge in [0.05, 0.1) is 28.4 Å². The molecule has 0 aliphatic heterocycles. The molecule has 0 saturated carbocycles. The summed E-state index contributed by atoms with van der Waals surface area (Å²) >= 11 is 1.44. The van der Waals surface area contributed by atoms with Crippen LogP contribution in [0.1, 0.15) is 31.8 Å². The Morgan fingerprint density at radius 2 is 1.77 bits per heavy atom. The topological polar surface area (TPSA) is 82.0 Å². The third kappa shape index (κ3) is 4.15. The fourth-order valence-electron chi connectivity index (χ4n) is 2.35. The van der Waals surface area contributed by atoms with E-state index in [0.717, 1.165) is 5.56 Å². The quantitative estimate of drug-likeness (QED) is 0.725. The van der Waals surface area contributed by atoms with E-state index in [-0.39, 0.29) is 11.8 Å². The van der Waals surface area contributed by atoms with E-state index in [2.05, 4.69) is 16.7 Å². The molecule has 6 heteroatoms. The highest BCUT2D eigenvalue weighted by atomic mass is 32.1. The van der Waals surface area contributed by atoms with Crippen LogP contribution in [0.3, 0.4) is 0 Å². The molecule has 0 spiro atoms. The number of nitrogens with zero attached hydrogens (tertiary/aromatic N) is 1. The highest BCUT2D eigenvalue weighted by Gasteiger charge is 2.14. The first-order valence-electron chi connectivity index (χ1n) is 7.87. The van der Waals surface area contributed by atoms with Crippen LogP contribution in [0.2, 0.25) is 0 Å². The highest BCUT2D eigenvalue weighted by Crippen LogP contribution is 2.17. The number of nitrogens with one attached hydrogen (secondary N) is 2. The van der Waals surface area contributed by atoms with Crippen LogP contribution < -0.4 is 10.6 Å². The smallest absolute Gasteiger partial charge is 0.256 e. The van der Waals surface area contributed by atoms with Crippen LogP contribution in [0, 0.1) is 11.3 Å². The van der Waals surface area contributed by atoms with Gasteiger partial charge in [-0.3, -0.25) is 9.59 Å². The zero-order valence-corrected chi connectivity index (χ0v) is 14.5. The second kappa shape index (κ2) is 8.10. The van der Waals surface area contributed by atoms with Crippen molar-refractivity contribution < 1.29 is 9.59 Å². The predicted molar refractivity (Wildman–Crippen MR) is 101 cm³/mol. The Hall–Kier alpha value is -3.43. The van der Waals surface area contributed by atoms with Crippen LogP contribution >= 0.6 is 11.3 Å². The van der Waals surface area contributed by atoms with Gasteiger partial charge in [-0.05, 0) is 41.3 Å². The lowest BCUT2D eigenvalue weighted by molar-refractivity contribution is 0.0952. The van der Waals surface area contributed by atoms with Crippen molar-refractivity contribution in [2.75, 3.05) is 5.32 Å². The van der Waals surface area contributed by atoms with Gasteiger partial charge in [-0.15, -0.1) is 0 Å². The first kappa shape index (κ1) is 17.4. The van der Waals surface area contributed by atoms with Crippen molar-refractivity contribution in [3.8, 4) is 6.07 Å². The van der Waals surface area contributed by atoms with Crippen LogP contribution in [-0.2, 0) is 6.54 Å². The molecule has 2 aromatic carbocycles. The molecule has 0 saturated heterocycles. The van der Waals surface area contributed by atoms with Crippen LogP contribution in [0.5, 0.6) is 0 Å². The van der Waals surface area contributed by atoms with E-state index in [1.54, 1.807) is 60.0 Å². The number of hydrogen-bond acceptors (Lipinski definition) is 4. The van der Waals surface area contributed by atoms with Gasteiger partial charge in [0.15, 0.2) is 0 Å². The number of benzene rings is 2. The summed E-state index contributed by atoms with van der Waals surface area (Å²) in [6, 6.07) is 17.7. The molecule has 128 valence electrons. The number of thiophene rings is 1. The first-order chi connectivity index (χ1) is 12.7. The third-order valence-electron chi connectivity index (χ3n) is 3.74. The predicted octanol–water partition coefficient (Wildman–Crippen LogP) is 3.80. The number of carbonyl (C=O) groups is 2. The molecule has 26 heavy (non-hydrogen) atoms. The summed E-state index contributed by atoms with van der Waals surface area (Å²) in [5.41, 5.74) is 2.87. The molecular weight excluding hydrogens is 346 g/mol. The Bertz CT molecular complexity index is 957. The summed E-state index contributed by atoms with van der Waals surface area (Å²) in [7, 11) is 0. The summed E-state index contributed by atoms with van der Waals surface area (Å²) in [6.07, 6.45) is 0. The maximum absolute atomic E-state index is 12.5. The molecule has 2 amide bonds. The number of rotatable bonds is 5. The Morgan fingerprint density at radius 1 is 1.00 bits per heavy atom. The van der Waals surface area contributed by atoms with E-state index in [0.29, 0.717) is 28.9 Å². The summed E-state index contributed by atoms with van der Waals surface area (Å²) in [5, 5.41) is 18.0. The van der Waals surface area contributed by atoms with E-state index in [9.17, 15) is 9.59 Å². The number of para-hydroxylation sites is 1. The van der Waals surface area contributed by atoms with Gasteiger partial charge in [0.25, 0.3) is 11.8 Å². The molecule has 2 N–H and O–H groups in total. The normalized spacial score (nSPS) is 9.96. The molecule has 0 aliphatic rings. The lowest BCUT2D eigenvalue weighted by Gasteiger charge is -2.11. The average molecular weight is 361 g/mol. The molecule has 5 nitrogen and oxygen atoms in total. The minimum Gasteiger partial charge on any atom is -0.348 e. The van der Waals surface area contributed by atoms with E-state index in [1.807, 2.05) is 5.38 Å². The fraction of sp³-hybridized carbons (Fsp3) is 0.0500. The second-order valence-corrected chi connectivity index (χ2v) is 6.28. The molecule has 0 bridgehead atoms. The number of nitriles is 1. The van der Waals surface area contributed by atoms with Gasteiger partial charge in [-0.25, -0.2) is 0 Å². The minimum atomic E-state index is -0.282. The molecule has 1 aromatic heterocycles. The van der Waals surface area contributed by atoms with Gasteiger partial charge in [-0.1, -0.05) is 24.3 Å². The Balaban J connectivity index is 1.69. The van der Waals surface area contributed by atoms with Crippen molar-refractivity contribution in [3.05, 3.63) is 87.6 Å². The van der Waals surface area contributed by atoms with E-state index in [4.69, 9.17) is 5.26 Å². The Morgan fingerprint density at radius 3 is 2.46 bits per heavy atom.